The summed E-state index contributed by atoms with van der Waals surface area (Å²) < 4.78 is 0. The molecule has 0 fully saturated rings. The van der Waals surface area contributed by atoms with Gasteiger partial charge in [-0.25, -0.2) is 4.98 Å². The highest BCUT2D eigenvalue weighted by Crippen LogP contribution is 2.25. The van der Waals surface area contributed by atoms with Crippen molar-refractivity contribution in [1.82, 2.24) is 9.97 Å². The second kappa shape index (κ2) is 4.63. The Hall–Kier alpha value is -1.74. The van der Waals surface area contributed by atoms with Crippen molar-refractivity contribution in [3.8, 4) is 0 Å². The molecule has 0 atom stereocenters. The van der Waals surface area contributed by atoms with Crippen molar-refractivity contribution in [3.63, 3.8) is 0 Å². The van der Waals surface area contributed by atoms with Gasteiger partial charge in [-0.2, -0.15) is 0 Å². The van der Waals surface area contributed by atoms with Crippen LogP contribution < -0.4 is 0 Å². The van der Waals surface area contributed by atoms with Crippen molar-refractivity contribution in [2.24, 2.45) is 0 Å². The molecule has 0 aliphatic rings. The molecule has 2 aromatic carbocycles. The maximum Gasteiger partial charge on any atom is 0.0923 e. The van der Waals surface area contributed by atoms with Crippen LogP contribution in [0.4, 0.5) is 0 Å². The van der Waals surface area contributed by atoms with E-state index in [2.05, 4.69) is 52.4 Å². The molecule has 0 aliphatic heterocycles. The second-order valence-corrected chi connectivity index (χ2v) is 4.91. The number of imidazole rings is 1. The first-order valence-corrected chi connectivity index (χ1v) is 6.50. The normalized spacial score (nSPS) is 10.8. The molecule has 0 unspecified atom stereocenters. The molecular formula is C14H12N2S. The number of hydrogen-bond donors (Lipinski definition) is 1. The van der Waals surface area contributed by atoms with Crippen LogP contribution in [0.5, 0.6) is 0 Å². The van der Waals surface area contributed by atoms with E-state index in [4.69, 9.17) is 0 Å². The second-order valence-electron chi connectivity index (χ2n) is 3.86. The van der Waals surface area contributed by atoms with Crippen LogP contribution >= 0.6 is 11.8 Å². The Morgan fingerprint density at radius 2 is 1.94 bits per heavy atom. The SMILES string of the molecule is c1ccc2cc(SCc3c[nH]cn3)ccc2c1. The van der Waals surface area contributed by atoms with E-state index in [9.17, 15) is 0 Å². The van der Waals surface area contributed by atoms with Crippen molar-refractivity contribution in [3.05, 3.63) is 60.7 Å². The molecule has 0 spiro atoms. The molecule has 0 amide bonds. The molecule has 0 bridgehead atoms. The summed E-state index contributed by atoms with van der Waals surface area (Å²) in [5.41, 5.74) is 1.09. The maximum atomic E-state index is 4.22. The smallest absolute Gasteiger partial charge is 0.0923 e. The summed E-state index contributed by atoms with van der Waals surface area (Å²) in [6.45, 7) is 0. The van der Waals surface area contributed by atoms with Gasteiger partial charge in [0.2, 0.25) is 0 Å². The minimum absolute atomic E-state index is 0.905. The van der Waals surface area contributed by atoms with Gasteiger partial charge >= 0.3 is 0 Å². The Kier molecular flexibility index (Phi) is 2.84. The Balaban J connectivity index is 1.81. The van der Waals surface area contributed by atoms with Gasteiger partial charge in [0.05, 0.1) is 12.0 Å². The monoisotopic (exact) mass is 240 g/mol. The number of rotatable bonds is 3. The lowest BCUT2D eigenvalue weighted by atomic mass is 10.1. The third-order valence-electron chi connectivity index (χ3n) is 2.66. The molecule has 2 nitrogen and oxygen atoms in total. The maximum absolute atomic E-state index is 4.22. The summed E-state index contributed by atoms with van der Waals surface area (Å²) in [5.74, 6) is 0.905. The van der Waals surface area contributed by atoms with E-state index in [1.807, 2.05) is 18.0 Å². The Morgan fingerprint density at radius 1 is 1.06 bits per heavy atom. The molecule has 0 radical (unpaired) electrons. The van der Waals surface area contributed by atoms with Crippen LogP contribution in [0, 0.1) is 0 Å². The number of fused-ring (bicyclic) bond motifs is 1. The number of benzene rings is 2. The fraction of sp³-hybridized carbons (Fsp3) is 0.0714. The molecule has 1 aromatic heterocycles. The van der Waals surface area contributed by atoms with E-state index in [1.54, 1.807) is 6.33 Å². The highest BCUT2D eigenvalue weighted by Gasteiger charge is 1.99. The minimum Gasteiger partial charge on any atom is -0.351 e. The summed E-state index contributed by atoms with van der Waals surface area (Å²) in [4.78, 5) is 8.47. The standard InChI is InChI=1S/C14H12N2S/c1-2-4-12-7-14(6-5-11(12)3-1)17-9-13-8-15-10-16-13/h1-8,10H,9H2,(H,15,16). The Morgan fingerprint density at radius 3 is 2.76 bits per heavy atom. The first kappa shape index (κ1) is 10.4. The molecule has 0 saturated carbocycles. The molecule has 17 heavy (non-hydrogen) atoms. The van der Waals surface area contributed by atoms with E-state index < -0.39 is 0 Å². The number of aromatic amines is 1. The molecule has 84 valence electrons. The lowest BCUT2D eigenvalue weighted by molar-refractivity contribution is 1.23. The van der Waals surface area contributed by atoms with E-state index in [-0.39, 0.29) is 0 Å². The van der Waals surface area contributed by atoms with Crippen molar-refractivity contribution < 1.29 is 0 Å². The first-order valence-electron chi connectivity index (χ1n) is 5.51. The average Bonchev–Trinajstić information content (AvgIpc) is 2.89. The Labute approximate surface area is 104 Å². The largest absolute Gasteiger partial charge is 0.351 e. The summed E-state index contributed by atoms with van der Waals surface area (Å²) in [5, 5.41) is 2.58. The number of nitrogens with zero attached hydrogens (tertiary/aromatic N) is 1. The molecule has 3 rings (SSSR count). The molecule has 3 aromatic rings. The molecule has 1 N–H and O–H groups in total. The molecule has 0 saturated heterocycles. The third kappa shape index (κ3) is 2.34. The summed E-state index contributed by atoms with van der Waals surface area (Å²) in [7, 11) is 0. The van der Waals surface area contributed by atoms with Gasteiger partial charge in [-0.3, -0.25) is 0 Å². The van der Waals surface area contributed by atoms with Crippen LogP contribution in [0.25, 0.3) is 10.8 Å². The zero-order valence-electron chi connectivity index (χ0n) is 9.26. The van der Waals surface area contributed by atoms with Crippen LogP contribution in [0.2, 0.25) is 0 Å². The van der Waals surface area contributed by atoms with E-state index in [0.29, 0.717) is 0 Å². The summed E-state index contributed by atoms with van der Waals surface area (Å²) in [6.07, 6.45) is 3.66. The van der Waals surface area contributed by atoms with Gasteiger partial charge in [0.25, 0.3) is 0 Å². The first-order chi connectivity index (χ1) is 8.42. The fourth-order valence-corrected chi connectivity index (χ4v) is 2.63. The number of nitrogens with one attached hydrogen (secondary N) is 1. The fourth-order valence-electron chi connectivity index (χ4n) is 1.78. The lowest BCUT2D eigenvalue weighted by Crippen LogP contribution is -1.80. The number of H-pyrrole nitrogens is 1. The van der Waals surface area contributed by atoms with Crippen LogP contribution in [0.3, 0.4) is 0 Å². The number of aromatic nitrogens is 2. The lowest BCUT2D eigenvalue weighted by Gasteiger charge is -2.02. The van der Waals surface area contributed by atoms with Gasteiger partial charge in [0.1, 0.15) is 0 Å². The van der Waals surface area contributed by atoms with Gasteiger partial charge in [-0.05, 0) is 22.9 Å². The number of thioether (sulfide) groups is 1. The Bertz CT molecular complexity index is 617. The minimum atomic E-state index is 0.905. The molecular weight excluding hydrogens is 228 g/mol. The quantitative estimate of drug-likeness (QED) is 0.704. The van der Waals surface area contributed by atoms with Gasteiger partial charge < -0.3 is 4.98 Å². The van der Waals surface area contributed by atoms with Crippen LogP contribution in [0.1, 0.15) is 5.69 Å². The van der Waals surface area contributed by atoms with E-state index >= 15 is 0 Å². The summed E-state index contributed by atoms with van der Waals surface area (Å²) in [6, 6.07) is 15.0. The van der Waals surface area contributed by atoms with Gasteiger partial charge in [-0.1, -0.05) is 30.3 Å². The molecule has 3 heteroatoms. The molecule has 1 heterocycles. The average molecular weight is 240 g/mol. The zero-order chi connectivity index (χ0) is 11.5. The van der Waals surface area contributed by atoms with E-state index in [1.165, 1.54) is 15.7 Å². The zero-order valence-corrected chi connectivity index (χ0v) is 10.1. The molecule has 0 aliphatic carbocycles. The van der Waals surface area contributed by atoms with Gasteiger partial charge in [0.15, 0.2) is 0 Å². The van der Waals surface area contributed by atoms with Crippen molar-refractivity contribution in [1.29, 1.82) is 0 Å². The van der Waals surface area contributed by atoms with Crippen LogP contribution in [-0.4, -0.2) is 9.97 Å². The highest BCUT2D eigenvalue weighted by atomic mass is 32.2. The topological polar surface area (TPSA) is 28.7 Å². The predicted octanol–water partition coefficient (Wildman–Crippen LogP) is 3.86. The summed E-state index contributed by atoms with van der Waals surface area (Å²) >= 11 is 1.81. The van der Waals surface area contributed by atoms with E-state index in [0.717, 1.165) is 11.4 Å². The van der Waals surface area contributed by atoms with Crippen molar-refractivity contribution >= 4 is 22.5 Å². The number of hydrogen-bond acceptors (Lipinski definition) is 2. The van der Waals surface area contributed by atoms with Gasteiger partial charge in [0, 0.05) is 16.8 Å². The van der Waals surface area contributed by atoms with Crippen molar-refractivity contribution in [2.45, 2.75) is 10.6 Å². The van der Waals surface area contributed by atoms with Gasteiger partial charge in [-0.15, -0.1) is 11.8 Å². The highest BCUT2D eigenvalue weighted by molar-refractivity contribution is 7.98. The van der Waals surface area contributed by atoms with Crippen molar-refractivity contribution in [2.75, 3.05) is 0 Å². The van der Waals surface area contributed by atoms with Crippen LogP contribution in [-0.2, 0) is 5.75 Å². The third-order valence-corrected chi connectivity index (χ3v) is 3.69. The van der Waals surface area contributed by atoms with Crippen LogP contribution in [0.15, 0.2) is 59.9 Å². The predicted molar refractivity (Wildman–Crippen MR) is 72.1 cm³/mol.